The second-order valence-corrected chi connectivity index (χ2v) is 5.70. The molecule has 0 unspecified atom stereocenters. The lowest BCUT2D eigenvalue weighted by molar-refractivity contribution is -0.361. The SMILES string of the molecule is COc1ccc(C(=O)Oc2ccc(/C=N\NC(F)(F)C(F)(F)C(F)(F)F)cc2)cc1. The Hall–Kier alpha value is -3.31. The van der Waals surface area contributed by atoms with Crippen molar-refractivity contribution in [1.82, 2.24) is 5.43 Å². The van der Waals surface area contributed by atoms with E-state index in [1.807, 2.05) is 0 Å². The van der Waals surface area contributed by atoms with Gasteiger partial charge in [-0.25, -0.2) is 10.2 Å². The molecule has 2 aromatic rings. The molecular formula is C18H13F7N2O3. The van der Waals surface area contributed by atoms with Crippen LogP contribution >= 0.6 is 0 Å². The summed E-state index contributed by atoms with van der Waals surface area (Å²) in [5.74, 6) is -6.43. The van der Waals surface area contributed by atoms with Crippen molar-refractivity contribution in [3.63, 3.8) is 0 Å². The van der Waals surface area contributed by atoms with Crippen LogP contribution in [0, 0.1) is 0 Å². The summed E-state index contributed by atoms with van der Waals surface area (Å²) in [6.07, 6.45) is -5.87. The molecule has 2 rings (SSSR count). The van der Waals surface area contributed by atoms with Gasteiger partial charge in [-0.3, -0.25) is 0 Å². The molecule has 0 spiro atoms. The van der Waals surface area contributed by atoms with E-state index in [-0.39, 0.29) is 16.9 Å². The van der Waals surface area contributed by atoms with Crippen LogP contribution in [0.15, 0.2) is 53.6 Å². The number of hydrogen-bond acceptors (Lipinski definition) is 5. The second-order valence-electron chi connectivity index (χ2n) is 5.70. The van der Waals surface area contributed by atoms with Crippen molar-refractivity contribution in [1.29, 1.82) is 0 Å². The number of esters is 1. The summed E-state index contributed by atoms with van der Waals surface area (Å²) in [5.41, 5.74) is 0.777. The number of carbonyl (C=O) groups excluding carboxylic acids is 1. The third-order valence-corrected chi connectivity index (χ3v) is 3.59. The summed E-state index contributed by atoms with van der Waals surface area (Å²) < 4.78 is 97.7. The summed E-state index contributed by atoms with van der Waals surface area (Å²) in [7, 11) is 1.46. The van der Waals surface area contributed by atoms with Crippen molar-refractivity contribution >= 4 is 12.2 Å². The number of hydrogen-bond donors (Lipinski definition) is 1. The Kier molecular flexibility index (Phi) is 6.58. The minimum atomic E-state index is -6.46. The number of rotatable bonds is 7. The normalized spacial score (nSPS) is 12.7. The van der Waals surface area contributed by atoms with Crippen molar-refractivity contribution < 1.29 is 45.0 Å². The first-order chi connectivity index (χ1) is 13.9. The molecule has 0 atom stereocenters. The lowest BCUT2D eigenvalue weighted by Crippen LogP contribution is -2.58. The Morgan fingerprint density at radius 1 is 0.900 bits per heavy atom. The first kappa shape index (κ1) is 23.0. The molecule has 5 nitrogen and oxygen atoms in total. The van der Waals surface area contributed by atoms with E-state index in [0.717, 1.165) is 0 Å². The smallest absolute Gasteiger partial charge is 0.462 e. The lowest BCUT2D eigenvalue weighted by atomic mass is 10.2. The molecule has 0 heterocycles. The van der Waals surface area contributed by atoms with E-state index in [1.54, 1.807) is 12.1 Å². The predicted molar refractivity (Wildman–Crippen MR) is 91.1 cm³/mol. The molecule has 0 aliphatic carbocycles. The Morgan fingerprint density at radius 3 is 1.93 bits per heavy atom. The number of nitrogens with zero attached hydrogens (tertiary/aromatic N) is 1. The van der Waals surface area contributed by atoms with Crippen molar-refractivity contribution in [3.8, 4) is 11.5 Å². The highest BCUT2D eigenvalue weighted by Gasteiger charge is 2.73. The fourth-order valence-corrected chi connectivity index (χ4v) is 1.95. The minimum absolute atomic E-state index is 0.0536. The molecule has 0 radical (unpaired) electrons. The maximum atomic E-state index is 13.1. The van der Waals surface area contributed by atoms with Crippen molar-refractivity contribution in [2.75, 3.05) is 7.11 Å². The minimum Gasteiger partial charge on any atom is -0.497 e. The quantitative estimate of drug-likeness (QED) is 0.171. The molecule has 2 aromatic carbocycles. The fourth-order valence-electron chi connectivity index (χ4n) is 1.95. The summed E-state index contributed by atoms with van der Waals surface area (Å²) >= 11 is 0. The van der Waals surface area contributed by atoms with Gasteiger partial charge in [0.1, 0.15) is 11.5 Å². The van der Waals surface area contributed by atoms with Gasteiger partial charge in [0, 0.05) is 0 Å². The molecule has 0 amide bonds. The highest BCUT2D eigenvalue weighted by molar-refractivity contribution is 5.91. The first-order valence-corrected chi connectivity index (χ1v) is 7.96. The van der Waals surface area contributed by atoms with Crippen molar-refractivity contribution in [2.45, 2.75) is 18.1 Å². The van der Waals surface area contributed by atoms with Crippen LogP contribution in [0.3, 0.4) is 0 Å². The van der Waals surface area contributed by atoms with E-state index in [1.165, 1.54) is 43.5 Å². The van der Waals surface area contributed by atoms with Crippen LogP contribution in [0.4, 0.5) is 30.7 Å². The summed E-state index contributed by atoms with van der Waals surface area (Å²) in [6.45, 7) is 0. The average Bonchev–Trinajstić information content (AvgIpc) is 2.68. The first-order valence-electron chi connectivity index (χ1n) is 7.96. The van der Waals surface area contributed by atoms with Crippen LogP contribution in [-0.4, -0.2) is 37.4 Å². The average molecular weight is 438 g/mol. The Bertz CT molecular complexity index is 895. The Balaban J connectivity index is 1.99. The number of ether oxygens (including phenoxy) is 2. The number of benzene rings is 2. The van der Waals surface area contributed by atoms with Gasteiger partial charge in [0.15, 0.2) is 0 Å². The van der Waals surface area contributed by atoms with Gasteiger partial charge in [-0.15, -0.1) is 0 Å². The van der Waals surface area contributed by atoms with Crippen LogP contribution in [0.1, 0.15) is 15.9 Å². The second kappa shape index (κ2) is 8.59. The molecule has 1 N–H and O–H groups in total. The topological polar surface area (TPSA) is 59.9 Å². The maximum Gasteiger partial charge on any atom is 0.462 e. The van der Waals surface area contributed by atoms with Gasteiger partial charge in [0.25, 0.3) is 0 Å². The molecule has 0 saturated carbocycles. The van der Waals surface area contributed by atoms with Gasteiger partial charge < -0.3 is 9.47 Å². The molecular weight excluding hydrogens is 425 g/mol. The van der Waals surface area contributed by atoms with Crippen LogP contribution in [0.2, 0.25) is 0 Å². The zero-order valence-corrected chi connectivity index (χ0v) is 15.0. The molecule has 162 valence electrons. The zero-order chi connectivity index (χ0) is 22.6. The van der Waals surface area contributed by atoms with Crippen molar-refractivity contribution in [3.05, 3.63) is 59.7 Å². The van der Waals surface area contributed by atoms with Crippen LogP contribution in [0.5, 0.6) is 11.5 Å². The molecule has 0 bridgehead atoms. The number of carbonyl (C=O) groups is 1. The predicted octanol–water partition coefficient (Wildman–Crippen LogP) is 4.63. The number of methoxy groups -OCH3 is 1. The van der Waals surface area contributed by atoms with E-state index in [2.05, 4.69) is 5.10 Å². The van der Waals surface area contributed by atoms with Gasteiger partial charge in [-0.05, 0) is 54.1 Å². The zero-order valence-electron chi connectivity index (χ0n) is 15.0. The maximum absolute atomic E-state index is 13.1. The van der Waals surface area contributed by atoms with E-state index < -0.39 is 24.1 Å². The van der Waals surface area contributed by atoms with Gasteiger partial charge in [-0.1, -0.05) is 0 Å². The van der Waals surface area contributed by atoms with E-state index in [9.17, 15) is 35.5 Å². The molecule has 0 aliphatic heterocycles. The molecule has 12 heteroatoms. The number of nitrogens with one attached hydrogen (secondary N) is 1. The summed E-state index contributed by atoms with van der Waals surface area (Å²) in [6, 6.07) is 5.26. The fraction of sp³-hybridized carbons (Fsp3) is 0.222. The highest BCUT2D eigenvalue weighted by Crippen LogP contribution is 2.44. The van der Waals surface area contributed by atoms with Crippen molar-refractivity contribution in [2.24, 2.45) is 5.10 Å². The van der Waals surface area contributed by atoms with E-state index in [0.29, 0.717) is 17.4 Å². The van der Waals surface area contributed by atoms with E-state index in [4.69, 9.17) is 9.47 Å². The molecule has 0 fully saturated rings. The van der Waals surface area contributed by atoms with Crippen LogP contribution in [-0.2, 0) is 0 Å². The van der Waals surface area contributed by atoms with Gasteiger partial charge in [0.05, 0.1) is 18.9 Å². The largest absolute Gasteiger partial charge is 0.497 e. The van der Waals surface area contributed by atoms with E-state index >= 15 is 0 Å². The third kappa shape index (κ3) is 5.19. The van der Waals surface area contributed by atoms with Gasteiger partial charge in [-0.2, -0.15) is 35.8 Å². The Labute approximate surface area is 165 Å². The molecule has 0 aliphatic rings. The molecule has 30 heavy (non-hydrogen) atoms. The van der Waals surface area contributed by atoms with Gasteiger partial charge in [0.2, 0.25) is 0 Å². The lowest BCUT2D eigenvalue weighted by Gasteiger charge is -2.27. The molecule has 0 aromatic heterocycles. The van der Waals surface area contributed by atoms with Crippen LogP contribution < -0.4 is 14.9 Å². The summed E-state index contributed by atoms with van der Waals surface area (Å²) in [5, 5.41) is 2.72. The monoisotopic (exact) mass is 438 g/mol. The number of alkyl halides is 7. The number of halogens is 7. The third-order valence-electron chi connectivity index (χ3n) is 3.59. The van der Waals surface area contributed by atoms with Gasteiger partial charge >= 0.3 is 24.1 Å². The number of hydrazone groups is 1. The molecule has 0 saturated heterocycles. The van der Waals surface area contributed by atoms with Crippen LogP contribution in [0.25, 0.3) is 0 Å². The summed E-state index contributed by atoms with van der Waals surface area (Å²) in [4.78, 5) is 12.0. The Morgan fingerprint density at radius 2 is 1.43 bits per heavy atom. The standard InChI is InChI=1S/C18H13F7N2O3/c1-29-13-8-4-12(5-9-13)15(28)30-14-6-2-11(3-7-14)10-26-27-18(24,25)16(19,20)17(21,22)23/h2-10,27H,1H3/b26-10-. The highest BCUT2D eigenvalue weighted by atomic mass is 19.4.